The molecule has 1 aliphatic carbocycles. The lowest BCUT2D eigenvalue weighted by Gasteiger charge is -2.49. The number of likely N-dealkylation sites (N-methyl/N-ethyl adjacent to an activating group) is 2. The molecular formula is C33H35FN6O6. The molecule has 240 valence electrons. The normalized spacial score (nSPS) is 21.3. The van der Waals surface area contributed by atoms with Gasteiger partial charge in [-0.15, -0.1) is 0 Å². The van der Waals surface area contributed by atoms with Gasteiger partial charge in [-0.05, 0) is 61.4 Å². The van der Waals surface area contributed by atoms with Gasteiger partial charge in [0.05, 0.1) is 12.1 Å². The molecule has 0 radical (unpaired) electrons. The number of carbonyl (C=O) groups excluding carboxylic acids is 4. The van der Waals surface area contributed by atoms with E-state index in [0.29, 0.717) is 36.1 Å². The van der Waals surface area contributed by atoms with Gasteiger partial charge in [-0.2, -0.15) is 0 Å². The van der Waals surface area contributed by atoms with Gasteiger partial charge in [-0.1, -0.05) is 30.3 Å². The van der Waals surface area contributed by atoms with Crippen LogP contribution in [0.5, 0.6) is 5.75 Å². The molecule has 0 atom stereocenters. The van der Waals surface area contributed by atoms with E-state index in [4.69, 9.17) is 0 Å². The van der Waals surface area contributed by atoms with Crippen molar-refractivity contribution in [2.45, 2.75) is 63.3 Å². The number of amides is 4. The summed E-state index contributed by atoms with van der Waals surface area (Å²) in [6.07, 6.45) is 1.22. The highest BCUT2D eigenvalue weighted by Gasteiger charge is 2.57. The topological polar surface area (TPSA) is 145 Å². The number of rotatable bonds is 5. The first-order chi connectivity index (χ1) is 21.8. The molecule has 13 heteroatoms. The molecule has 2 aromatic carbocycles. The van der Waals surface area contributed by atoms with E-state index in [9.17, 15) is 33.5 Å². The summed E-state index contributed by atoms with van der Waals surface area (Å²) in [5.41, 5.74) is -1.15. The zero-order valence-corrected chi connectivity index (χ0v) is 26.1. The van der Waals surface area contributed by atoms with Crippen LogP contribution in [-0.2, 0) is 34.8 Å². The fourth-order valence-corrected chi connectivity index (χ4v) is 7.10. The summed E-state index contributed by atoms with van der Waals surface area (Å²) in [7, 11) is 4.39. The van der Waals surface area contributed by atoms with Crippen molar-refractivity contribution in [2.75, 3.05) is 21.1 Å². The van der Waals surface area contributed by atoms with Gasteiger partial charge >= 0.3 is 11.8 Å². The van der Waals surface area contributed by atoms with E-state index in [2.05, 4.69) is 10.3 Å². The summed E-state index contributed by atoms with van der Waals surface area (Å²) >= 11 is 0. The Labute approximate surface area is 264 Å². The highest BCUT2D eigenvalue weighted by Crippen LogP contribution is 2.51. The lowest BCUT2D eigenvalue weighted by molar-refractivity contribution is -0.155. The minimum atomic E-state index is -1.30. The molecule has 1 aromatic heterocycles. The number of aryl methyl sites for hydroxylation is 1. The first kappa shape index (κ1) is 30.9. The smallest absolute Gasteiger partial charge is 0.312 e. The summed E-state index contributed by atoms with van der Waals surface area (Å²) in [5.74, 6) is -3.82. The van der Waals surface area contributed by atoms with E-state index in [1.165, 1.54) is 42.7 Å². The number of halogens is 1. The van der Waals surface area contributed by atoms with Gasteiger partial charge < -0.3 is 25.1 Å². The lowest BCUT2D eigenvalue weighted by atomic mass is 9.71. The molecule has 4 heterocycles. The predicted octanol–water partition coefficient (Wildman–Crippen LogP) is 2.05. The molecular weight excluding hydrogens is 595 g/mol. The molecule has 1 fully saturated rings. The fraction of sp³-hybridized carbons (Fsp3) is 0.394. The third-order valence-corrected chi connectivity index (χ3v) is 9.84. The minimum Gasteiger partial charge on any atom is -0.501 e. The molecule has 0 saturated heterocycles. The number of nitrogens with one attached hydrogen (secondary N) is 1. The molecule has 46 heavy (non-hydrogen) atoms. The summed E-state index contributed by atoms with van der Waals surface area (Å²) in [6.45, 7) is 1.88. The van der Waals surface area contributed by atoms with Crippen LogP contribution in [0.1, 0.15) is 69.0 Å². The van der Waals surface area contributed by atoms with E-state index in [1.807, 2.05) is 12.1 Å². The first-order valence-electron chi connectivity index (χ1n) is 15.1. The van der Waals surface area contributed by atoms with Crippen molar-refractivity contribution in [1.29, 1.82) is 0 Å². The standard InChI is InChI=1S/C33H35FN6O6/c1-19-15-20(9-10-23(19)34)16-35-26(42)24-25(41)28(44)39-18-32(40-17-21-7-5-6-8-22(21)27(40)43)11-13-33(14-12-32,31(39)36-24)38(4)30(46)29(45)37(2)3/h5-10,15,41H,11-14,16-18H2,1-4H3,(H,35,42). The highest BCUT2D eigenvalue weighted by atomic mass is 19.1. The second-order valence-electron chi connectivity index (χ2n) is 12.7. The molecule has 1 saturated carbocycles. The number of carbonyl (C=O) groups is 4. The molecule has 2 N–H and O–H groups in total. The second kappa shape index (κ2) is 11.1. The first-order valence-corrected chi connectivity index (χ1v) is 15.1. The van der Waals surface area contributed by atoms with Crippen molar-refractivity contribution in [1.82, 2.24) is 29.6 Å². The van der Waals surface area contributed by atoms with E-state index in [0.717, 1.165) is 10.5 Å². The van der Waals surface area contributed by atoms with Gasteiger partial charge in [0.25, 0.3) is 17.4 Å². The average molecular weight is 631 g/mol. The Hall–Kier alpha value is -5.07. The maximum Gasteiger partial charge on any atom is 0.312 e. The molecule has 0 unspecified atom stereocenters. The third-order valence-electron chi connectivity index (χ3n) is 9.84. The molecule has 3 aromatic rings. The molecule has 4 amide bonds. The number of nitrogens with zero attached hydrogens (tertiary/aromatic N) is 5. The Morgan fingerprint density at radius 2 is 1.72 bits per heavy atom. The molecule has 0 spiro atoms. The molecule has 7 rings (SSSR count). The quantitative estimate of drug-likeness (QED) is 0.411. The van der Waals surface area contributed by atoms with Crippen LogP contribution in [0.2, 0.25) is 0 Å². The maximum absolute atomic E-state index is 14.0. The van der Waals surface area contributed by atoms with E-state index >= 15 is 0 Å². The Kier molecular flexibility index (Phi) is 7.45. The number of aromatic nitrogens is 2. The zero-order valence-electron chi connectivity index (χ0n) is 26.1. The Bertz CT molecular complexity index is 1860. The summed E-state index contributed by atoms with van der Waals surface area (Å²) < 4.78 is 15.0. The third kappa shape index (κ3) is 4.72. The molecule has 3 aliphatic heterocycles. The minimum absolute atomic E-state index is 0.0242. The highest BCUT2D eigenvalue weighted by molar-refractivity contribution is 6.34. The van der Waals surface area contributed by atoms with Crippen LogP contribution in [-0.4, -0.2) is 79.7 Å². The van der Waals surface area contributed by atoms with Gasteiger partial charge in [0, 0.05) is 39.8 Å². The summed E-state index contributed by atoms with van der Waals surface area (Å²) in [5, 5.41) is 13.7. The Morgan fingerprint density at radius 1 is 1.02 bits per heavy atom. The second-order valence-corrected chi connectivity index (χ2v) is 12.7. The van der Waals surface area contributed by atoms with Crippen LogP contribution in [0, 0.1) is 12.7 Å². The number of aromatic hydroxyl groups is 1. The van der Waals surface area contributed by atoms with Crippen LogP contribution in [0.3, 0.4) is 0 Å². The van der Waals surface area contributed by atoms with Crippen molar-refractivity contribution in [3.8, 4) is 5.75 Å². The van der Waals surface area contributed by atoms with Crippen molar-refractivity contribution >= 4 is 23.6 Å². The average Bonchev–Trinajstić information content (AvgIpc) is 3.23. The van der Waals surface area contributed by atoms with Crippen LogP contribution in [0.15, 0.2) is 47.3 Å². The van der Waals surface area contributed by atoms with Gasteiger partial charge in [0.2, 0.25) is 5.75 Å². The number of hydrogen-bond acceptors (Lipinski definition) is 7. The van der Waals surface area contributed by atoms with Crippen LogP contribution >= 0.6 is 0 Å². The van der Waals surface area contributed by atoms with Gasteiger partial charge in [0.15, 0.2) is 5.69 Å². The van der Waals surface area contributed by atoms with Gasteiger partial charge in [0.1, 0.15) is 17.2 Å². The Balaban J connectivity index is 1.44. The van der Waals surface area contributed by atoms with Crippen LogP contribution in [0.25, 0.3) is 0 Å². The monoisotopic (exact) mass is 630 g/mol. The van der Waals surface area contributed by atoms with E-state index < -0.39 is 51.6 Å². The van der Waals surface area contributed by atoms with Crippen LogP contribution in [0.4, 0.5) is 4.39 Å². The largest absolute Gasteiger partial charge is 0.501 e. The summed E-state index contributed by atoms with van der Waals surface area (Å²) in [6, 6.07) is 11.7. The van der Waals surface area contributed by atoms with Crippen molar-refractivity contribution in [2.24, 2.45) is 0 Å². The predicted molar refractivity (Wildman–Crippen MR) is 163 cm³/mol. The zero-order chi connectivity index (χ0) is 33.1. The van der Waals surface area contributed by atoms with Gasteiger partial charge in [-0.3, -0.25) is 28.5 Å². The fourth-order valence-electron chi connectivity index (χ4n) is 7.10. The van der Waals surface area contributed by atoms with Crippen molar-refractivity contribution in [3.63, 3.8) is 0 Å². The summed E-state index contributed by atoms with van der Waals surface area (Å²) in [4.78, 5) is 76.2. The SMILES string of the molecule is Cc1cc(CNC(=O)c2nc3n(c(=O)c2O)CC2(N4Cc5ccccc5C4=O)CCC3(N(C)C(=O)C(=O)N(C)C)CC2)ccc1F. The van der Waals surface area contributed by atoms with E-state index in [-0.39, 0.29) is 37.7 Å². The van der Waals surface area contributed by atoms with Gasteiger partial charge in [-0.25, -0.2) is 9.37 Å². The number of fused-ring (bicyclic) bond motifs is 3. The van der Waals surface area contributed by atoms with E-state index in [1.54, 1.807) is 30.0 Å². The molecule has 4 aliphatic rings. The lowest BCUT2D eigenvalue weighted by Crippen LogP contribution is -2.57. The maximum atomic E-state index is 14.0. The molecule has 2 bridgehead atoms. The van der Waals surface area contributed by atoms with Crippen molar-refractivity contribution in [3.05, 3.63) is 92.4 Å². The van der Waals surface area contributed by atoms with Crippen LogP contribution < -0.4 is 10.9 Å². The van der Waals surface area contributed by atoms with Crippen molar-refractivity contribution < 1.29 is 28.7 Å². The molecule has 12 nitrogen and oxygen atoms in total. The Morgan fingerprint density at radius 3 is 2.37 bits per heavy atom. The number of benzene rings is 2. The number of hydrogen-bond donors (Lipinski definition) is 2.